The van der Waals surface area contributed by atoms with Crippen molar-refractivity contribution >= 4 is 28.2 Å². The van der Waals surface area contributed by atoms with Gasteiger partial charge in [-0.1, -0.05) is 18.2 Å². The van der Waals surface area contributed by atoms with E-state index in [1.54, 1.807) is 36.5 Å². The van der Waals surface area contributed by atoms with Crippen molar-refractivity contribution in [1.29, 1.82) is 0 Å². The molecule has 0 spiro atoms. The zero-order valence-corrected chi connectivity index (χ0v) is 10.4. The van der Waals surface area contributed by atoms with Crippen LogP contribution < -0.4 is 5.32 Å². The number of nitro benzene ring substituents is 1. The highest BCUT2D eigenvalue weighted by molar-refractivity contribution is 5.88. The minimum atomic E-state index is -0.431. The Labute approximate surface area is 114 Å². The van der Waals surface area contributed by atoms with Crippen LogP contribution in [0.25, 0.3) is 10.9 Å². The fraction of sp³-hybridized carbons (Fsp3) is 0. The normalized spacial score (nSPS) is 10.4. The fourth-order valence-corrected chi connectivity index (χ4v) is 1.92. The van der Waals surface area contributed by atoms with Crippen LogP contribution in [0.5, 0.6) is 0 Å². The Morgan fingerprint density at radius 2 is 1.90 bits per heavy atom. The first-order valence-electron chi connectivity index (χ1n) is 5.96. The number of benzene rings is 1. The highest BCUT2D eigenvalue weighted by atomic mass is 16.6. The zero-order chi connectivity index (χ0) is 13.9. The molecule has 3 aromatic rings. The lowest BCUT2D eigenvalue weighted by Gasteiger charge is -2.05. The minimum Gasteiger partial charge on any atom is -0.325 e. The van der Waals surface area contributed by atoms with Crippen LogP contribution in [0.4, 0.5) is 17.3 Å². The van der Waals surface area contributed by atoms with Crippen LogP contribution in [0.1, 0.15) is 0 Å². The molecule has 0 aliphatic rings. The number of rotatable bonds is 3. The van der Waals surface area contributed by atoms with E-state index in [0.717, 1.165) is 5.39 Å². The summed E-state index contributed by atoms with van der Waals surface area (Å²) in [4.78, 5) is 19.0. The first-order chi connectivity index (χ1) is 9.74. The average molecular weight is 266 g/mol. The Bertz CT molecular complexity index is 774. The van der Waals surface area contributed by atoms with Gasteiger partial charge in [-0.05, 0) is 24.3 Å². The molecule has 98 valence electrons. The Morgan fingerprint density at radius 1 is 1.00 bits per heavy atom. The third kappa shape index (κ3) is 2.26. The van der Waals surface area contributed by atoms with E-state index < -0.39 is 4.92 Å². The fourth-order valence-electron chi connectivity index (χ4n) is 1.92. The lowest BCUT2D eigenvalue weighted by Crippen LogP contribution is -1.97. The van der Waals surface area contributed by atoms with Gasteiger partial charge in [-0.25, -0.2) is 9.97 Å². The van der Waals surface area contributed by atoms with Gasteiger partial charge in [0.05, 0.1) is 4.92 Å². The van der Waals surface area contributed by atoms with E-state index in [0.29, 0.717) is 17.2 Å². The summed E-state index contributed by atoms with van der Waals surface area (Å²) in [5.41, 5.74) is 0.352. The van der Waals surface area contributed by atoms with E-state index in [9.17, 15) is 10.1 Å². The molecular weight excluding hydrogens is 256 g/mol. The second-order valence-electron chi connectivity index (χ2n) is 4.14. The molecule has 0 fully saturated rings. The van der Waals surface area contributed by atoms with Gasteiger partial charge in [-0.3, -0.25) is 10.1 Å². The summed E-state index contributed by atoms with van der Waals surface area (Å²) in [5, 5.41) is 14.8. The van der Waals surface area contributed by atoms with Crippen LogP contribution in [0.3, 0.4) is 0 Å². The summed E-state index contributed by atoms with van der Waals surface area (Å²) >= 11 is 0. The summed E-state index contributed by atoms with van der Waals surface area (Å²) in [7, 11) is 0. The molecule has 2 heterocycles. The maximum absolute atomic E-state index is 11.0. The lowest BCUT2D eigenvalue weighted by atomic mass is 10.2. The van der Waals surface area contributed by atoms with Crippen molar-refractivity contribution < 1.29 is 4.92 Å². The predicted molar refractivity (Wildman–Crippen MR) is 75.9 cm³/mol. The van der Waals surface area contributed by atoms with Crippen LogP contribution in [0.2, 0.25) is 0 Å². The standard InChI is InChI=1S/C14H10N4O2/c19-18(20)11-5-3-4-10-7-8-13(17-14(10)11)16-12-6-1-2-9-15-12/h1-9H,(H,15,16,17). The van der Waals surface area contributed by atoms with Crippen LogP contribution in [-0.4, -0.2) is 14.9 Å². The number of hydrogen-bond donors (Lipinski definition) is 1. The third-order valence-electron chi connectivity index (χ3n) is 2.82. The number of fused-ring (bicyclic) bond motifs is 1. The molecule has 3 rings (SSSR count). The van der Waals surface area contributed by atoms with E-state index in [4.69, 9.17) is 0 Å². The number of pyridine rings is 2. The summed E-state index contributed by atoms with van der Waals surface area (Å²) < 4.78 is 0. The quantitative estimate of drug-likeness (QED) is 0.581. The predicted octanol–water partition coefficient (Wildman–Crippen LogP) is 3.28. The minimum absolute atomic E-state index is 0.00725. The molecular formula is C14H10N4O2. The van der Waals surface area contributed by atoms with Crippen molar-refractivity contribution in [2.75, 3.05) is 5.32 Å². The Kier molecular flexibility index (Phi) is 2.96. The first kappa shape index (κ1) is 12.0. The summed E-state index contributed by atoms with van der Waals surface area (Å²) in [6.07, 6.45) is 1.66. The third-order valence-corrected chi connectivity index (χ3v) is 2.82. The number of nitrogens with one attached hydrogen (secondary N) is 1. The van der Waals surface area contributed by atoms with E-state index in [-0.39, 0.29) is 5.69 Å². The second-order valence-corrected chi connectivity index (χ2v) is 4.14. The van der Waals surface area contributed by atoms with Crippen LogP contribution in [0, 0.1) is 10.1 Å². The van der Waals surface area contributed by atoms with Gasteiger partial charge >= 0.3 is 0 Å². The molecule has 2 aromatic heterocycles. The summed E-state index contributed by atoms with van der Waals surface area (Å²) in [6.45, 7) is 0. The number of hydrogen-bond acceptors (Lipinski definition) is 5. The van der Waals surface area contributed by atoms with Crippen molar-refractivity contribution in [3.05, 3.63) is 64.8 Å². The molecule has 0 saturated heterocycles. The van der Waals surface area contributed by atoms with Gasteiger partial charge in [-0.2, -0.15) is 0 Å². The maximum Gasteiger partial charge on any atom is 0.295 e. The van der Waals surface area contributed by atoms with Gasteiger partial charge < -0.3 is 5.32 Å². The first-order valence-corrected chi connectivity index (χ1v) is 5.96. The number of nitro groups is 1. The largest absolute Gasteiger partial charge is 0.325 e. The second kappa shape index (κ2) is 4.93. The molecule has 0 aliphatic carbocycles. The molecule has 0 saturated carbocycles. The molecule has 0 aliphatic heterocycles. The molecule has 6 nitrogen and oxygen atoms in total. The van der Waals surface area contributed by atoms with Crippen molar-refractivity contribution in [1.82, 2.24) is 9.97 Å². The molecule has 0 atom stereocenters. The molecule has 6 heteroatoms. The van der Waals surface area contributed by atoms with Crippen molar-refractivity contribution in [2.45, 2.75) is 0 Å². The Hall–Kier alpha value is -3.02. The van der Waals surface area contributed by atoms with Crippen LogP contribution in [-0.2, 0) is 0 Å². The van der Waals surface area contributed by atoms with E-state index in [1.165, 1.54) is 6.07 Å². The summed E-state index contributed by atoms with van der Waals surface area (Å²) in [5.74, 6) is 1.16. The molecule has 1 aromatic carbocycles. The molecule has 0 amide bonds. The zero-order valence-electron chi connectivity index (χ0n) is 10.4. The number of non-ortho nitro benzene ring substituents is 1. The van der Waals surface area contributed by atoms with Gasteiger partial charge in [0.1, 0.15) is 11.6 Å². The van der Waals surface area contributed by atoms with Crippen molar-refractivity contribution in [3.8, 4) is 0 Å². The SMILES string of the molecule is O=[N+]([O-])c1cccc2ccc(Nc3ccccn3)nc12. The maximum atomic E-state index is 11.0. The number of anilines is 2. The van der Waals surface area contributed by atoms with Gasteiger partial charge in [-0.15, -0.1) is 0 Å². The summed E-state index contributed by atoms with van der Waals surface area (Å²) in [6, 6.07) is 13.9. The monoisotopic (exact) mass is 266 g/mol. The van der Waals surface area contributed by atoms with Gasteiger partial charge in [0, 0.05) is 17.6 Å². The van der Waals surface area contributed by atoms with Gasteiger partial charge in [0.25, 0.3) is 5.69 Å². The van der Waals surface area contributed by atoms with Crippen LogP contribution >= 0.6 is 0 Å². The molecule has 0 unspecified atom stereocenters. The smallest absolute Gasteiger partial charge is 0.295 e. The number of aromatic nitrogens is 2. The molecule has 20 heavy (non-hydrogen) atoms. The van der Waals surface area contributed by atoms with Crippen molar-refractivity contribution in [3.63, 3.8) is 0 Å². The Balaban J connectivity index is 2.06. The lowest BCUT2D eigenvalue weighted by molar-refractivity contribution is -0.383. The topological polar surface area (TPSA) is 81.0 Å². The van der Waals surface area contributed by atoms with Gasteiger partial charge in [0.15, 0.2) is 5.52 Å². The number of nitrogens with zero attached hydrogens (tertiary/aromatic N) is 3. The molecule has 0 bridgehead atoms. The number of para-hydroxylation sites is 1. The van der Waals surface area contributed by atoms with Crippen molar-refractivity contribution in [2.24, 2.45) is 0 Å². The molecule has 0 radical (unpaired) electrons. The van der Waals surface area contributed by atoms with E-state index in [2.05, 4.69) is 15.3 Å². The Morgan fingerprint density at radius 3 is 2.65 bits per heavy atom. The molecule has 1 N–H and O–H groups in total. The highest BCUT2D eigenvalue weighted by Gasteiger charge is 2.13. The van der Waals surface area contributed by atoms with E-state index >= 15 is 0 Å². The van der Waals surface area contributed by atoms with E-state index in [1.807, 2.05) is 12.1 Å². The van der Waals surface area contributed by atoms with Gasteiger partial charge in [0.2, 0.25) is 0 Å². The average Bonchev–Trinajstić information content (AvgIpc) is 2.47. The van der Waals surface area contributed by atoms with Crippen LogP contribution in [0.15, 0.2) is 54.7 Å². The highest BCUT2D eigenvalue weighted by Crippen LogP contribution is 2.25.